The first-order chi connectivity index (χ1) is 12.0. The summed E-state index contributed by atoms with van der Waals surface area (Å²) in [5.74, 6) is -1.46. The Hall–Kier alpha value is -1.97. The van der Waals surface area contributed by atoms with E-state index in [1.54, 1.807) is 19.1 Å². The van der Waals surface area contributed by atoms with Crippen molar-refractivity contribution >= 4 is 0 Å². The Balaban J connectivity index is 1.59. The molecule has 0 spiro atoms. The Labute approximate surface area is 145 Å². The van der Waals surface area contributed by atoms with Gasteiger partial charge in [0.1, 0.15) is 5.82 Å². The van der Waals surface area contributed by atoms with Crippen LogP contribution in [-0.4, -0.2) is 6.61 Å². The van der Waals surface area contributed by atoms with Gasteiger partial charge in [0, 0.05) is 11.1 Å². The fourth-order valence-corrected chi connectivity index (χ4v) is 3.95. The molecule has 0 radical (unpaired) electrons. The number of ether oxygens (including phenoxy) is 1. The van der Waals surface area contributed by atoms with Gasteiger partial charge in [-0.05, 0) is 54.4 Å². The van der Waals surface area contributed by atoms with Crippen molar-refractivity contribution in [3.05, 3.63) is 41.2 Å². The highest BCUT2D eigenvalue weighted by molar-refractivity contribution is 6.03. The van der Waals surface area contributed by atoms with Gasteiger partial charge in [-0.25, -0.2) is 8.78 Å². The fourth-order valence-electron chi connectivity index (χ4n) is 3.95. The molecule has 132 valence electrons. The van der Waals surface area contributed by atoms with Crippen LogP contribution in [0.3, 0.4) is 0 Å². The molecular weight excluding hydrogens is 325 g/mol. The number of hydrogen-bond donors (Lipinski definition) is 0. The highest BCUT2D eigenvalue weighted by Gasteiger charge is 2.34. The minimum Gasteiger partial charge on any atom is -0.490 e. The molecule has 1 nitrogen and oxygen atoms in total. The van der Waals surface area contributed by atoms with Gasteiger partial charge in [-0.3, -0.25) is 0 Å². The fraction of sp³-hybridized carbons (Fsp3) is 0.429. The first kappa shape index (κ1) is 16.5. The predicted octanol–water partition coefficient (Wildman–Crippen LogP) is 6.26. The molecule has 1 saturated carbocycles. The molecule has 25 heavy (non-hydrogen) atoms. The van der Waals surface area contributed by atoms with Gasteiger partial charge >= 0.3 is 0 Å². The molecule has 0 aromatic heterocycles. The zero-order valence-electron chi connectivity index (χ0n) is 14.5. The number of aryl methyl sites for hydroxylation is 1. The normalized spacial score (nSPS) is 21.3. The van der Waals surface area contributed by atoms with Crippen LogP contribution < -0.4 is 4.74 Å². The molecule has 4 rings (SSSR count). The molecule has 0 atom stereocenters. The minimum atomic E-state index is -1.02. The van der Waals surface area contributed by atoms with Crippen LogP contribution in [-0.2, 0) is 0 Å². The van der Waals surface area contributed by atoms with Crippen molar-refractivity contribution in [3.8, 4) is 28.0 Å². The van der Waals surface area contributed by atoms with E-state index in [1.165, 1.54) is 6.07 Å². The SMILES string of the molecule is Cc1ccc2c(c1F)-c1c-2cc(OCC2CCC(C)CC2)c(F)c1F. The zero-order chi connectivity index (χ0) is 17.7. The Bertz CT molecular complexity index is 836. The summed E-state index contributed by atoms with van der Waals surface area (Å²) in [4.78, 5) is 0. The summed E-state index contributed by atoms with van der Waals surface area (Å²) in [6.45, 7) is 4.25. The summed E-state index contributed by atoms with van der Waals surface area (Å²) in [5.41, 5.74) is 1.79. The lowest BCUT2D eigenvalue weighted by atomic mass is 9.78. The first-order valence-corrected chi connectivity index (χ1v) is 8.92. The highest BCUT2D eigenvalue weighted by atomic mass is 19.2. The second-order valence-electron chi connectivity index (χ2n) is 7.48. The lowest BCUT2D eigenvalue weighted by Gasteiger charge is -2.28. The Morgan fingerprint density at radius 3 is 2.32 bits per heavy atom. The molecule has 0 N–H and O–H groups in total. The lowest BCUT2D eigenvalue weighted by Crippen LogP contribution is -2.19. The van der Waals surface area contributed by atoms with Gasteiger partial charge in [0.2, 0.25) is 5.82 Å². The van der Waals surface area contributed by atoms with Crippen LogP contribution in [0, 0.1) is 36.2 Å². The predicted molar refractivity (Wildman–Crippen MR) is 92.1 cm³/mol. The van der Waals surface area contributed by atoms with Crippen molar-refractivity contribution in [2.75, 3.05) is 6.61 Å². The Morgan fingerprint density at radius 1 is 0.920 bits per heavy atom. The monoisotopic (exact) mass is 346 g/mol. The molecule has 2 aliphatic rings. The van der Waals surface area contributed by atoms with Crippen molar-refractivity contribution in [1.29, 1.82) is 0 Å². The van der Waals surface area contributed by atoms with Gasteiger partial charge < -0.3 is 4.74 Å². The van der Waals surface area contributed by atoms with Gasteiger partial charge in [-0.2, -0.15) is 4.39 Å². The average Bonchev–Trinajstić information content (AvgIpc) is 2.58. The lowest BCUT2D eigenvalue weighted by molar-refractivity contribution is 0.182. The van der Waals surface area contributed by atoms with Crippen LogP contribution in [0.25, 0.3) is 22.3 Å². The van der Waals surface area contributed by atoms with E-state index in [9.17, 15) is 13.2 Å². The third kappa shape index (κ3) is 2.62. The summed E-state index contributed by atoms with van der Waals surface area (Å²) in [7, 11) is 0. The van der Waals surface area contributed by atoms with E-state index in [-0.39, 0.29) is 16.9 Å². The molecule has 2 aromatic rings. The van der Waals surface area contributed by atoms with Crippen molar-refractivity contribution in [3.63, 3.8) is 0 Å². The molecule has 0 bridgehead atoms. The van der Waals surface area contributed by atoms with E-state index in [4.69, 9.17) is 4.74 Å². The van der Waals surface area contributed by atoms with Crippen molar-refractivity contribution in [2.45, 2.75) is 39.5 Å². The van der Waals surface area contributed by atoms with E-state index >= 15 is 0 Å². The minimum absolute atomic E-state index is 0.0348. The summed E-state index contributed by atoms with van der Waals surface area (Å²) in [6.07, 6.45) is 4.43. The number of rotatable bonds is 3. The molecule has 0 saturated heterocycles. The number of hydrogen-bond acceptors (Lipinski definition) is 1. The molecule has 0 heterocycles. The third-order valence-electron chi connectivity index (χ3n) is 5.66. The van der Waals surface area contributed by atoms with Gasteiger partial charge in [-0.1, -0.05) is 31.9 Å². The molecule has 2 aromatic carbocycles. The van der Waals surface area contributed by atoms with Gasteiger partial charge in [-0.15, -0.1) is 0 Å². The zero-order valence-corrected chi connectivity index (χ0v) is 14.5. The quantitative estimate of drug-likeness (QED) is 0.543. The molecule has 1 fully saturated rings. The number of fused-ring (bicyclic) bond motifs is 4. The molecule has 4 heteroatoms. The van der Waals surface area contributed by atoms with E-state index in [0.717, 1.165) is 31.6 Å². The maximum absolute atomic E-state index is 14.5. The third-order valence-corrected chi connectivity index (χ3v) is 5.66. The highest BCUT2D eigenvalue weighted by Crippen LogP contribution is 2.52. The Kier molecular flexibility index (Phi) is 4.01. The van der Waals surface area contributed by atoms with Crippen molar-refractivity contribution < 1.29 is 17.9 Å². The molecule has 2 aliphatic carbocycles. The molecular formula is C21H21F3O. The van der Waals surface area contributed by atoms with E-state index in [2.05, 4.69) is 6.92 Å². The van der Waals surface area contributed by atoms with E-state index < -0.39 is 17.5 Å². The van der Waals surface area contributed by atoms with Crippen LogP contribution in [0.5, 0.6) is 5.75 Å². The smallest absolute Gasteiger partial charge is 0.201 e. The van der Waals surface area contributed by atoms with Gasteiger partial charge in [0.15, 0.2) is 11.6 Å². The second kappa shape index (κ2) is 6.08. The molecule has 0 aliphatic heterocycles. The average molecular weight is 346 g/mol. The molecule has 0 unspecified atom stereocenters. The van der Waals surface area contributed by atoms with Crippen molar-refractivity contribution in [2.24, 2.45) is 11.8 Å². The number of benzene rings is 2. The van der Waals surface area contributed by atoms with E-state index in [1.807, 2.05) is 0 Å². The topological polar surface area (TPSA) is 9.23 Å². The van der Waals surface area contributed by atoms with Crippen LogP contribution in [0.1, 0.15) is 38.2 Å². The largest absolute Gasteiger partial charge is 0.490 e. The van der Waals surface area contributed by atoms with Gasteiger partial charge in [0.25, 0.3) is 0 Å². The van der Waals surface area contributed by atoms with Crippen LogP contribution in [0.2, 0.25) is 0 Å². The van der Waals surface area contributed by atoms with Gasteiger partial charge in [0.05, 0.1) is 6.61 Å². The summed E-state index contributed by atoms with van der Waals surface area (Å²) < 4.78 is 48.7. The van der Waals surface area contributed by atoms with Crippen molar-refractivity contribution in [1.82, 2.24) is 0 Å². The summed E-state index contributed by atoms with van der Waals surface area (Å²) in [6, 6.07) is 4.91. The number of halogens is 3. The van der Waals surface area contributed by atoms with Crippen LogP contribution >= 0.6 is 0 Å². The summed E-state index contributed by atoms with van der Waals surface area (Å²) >= 11 is 0. The molecule has 0 amide bonds. The summed E-state index contributed by atoms with van der Waals surface area (Å²) in [5, 5.41) is 0. The second-order valence-corrected chi connectivity index (χ2v) is 7.48. The van der Waals surface area contributed by atoms with Crippen LogP contribution in [0.15, 0.2) is 18.2 Å². The van der Waals surface area contributed by atoms with E-state index in [0.29, 0.717) is 29.2 Å². The standard InChI is InChI=1S/C21H21F3O/c1-11-3-6-13(7-4-11)10-25-16-9-15-14-8-5-12(2)19(22)17(14)18(15)21(24)20(16)23/h5,8-9,11,13H,3-4,6-7,10H2,1-2H3. The Morgan fingerprint density at radius 2 is 1.60 bits per heavy atom. The van der Waals surface area contributed by atoms with Crippen LogP contribution in [0.4, 0.5) is 13.2 Å². The maximum atomic E-state index is 14.5. The maximum Gasteiger partial charge on any atom is 0.201 e. The first-order valence-electron chi connectivity index (χ1n) is 8.92.